The summed E-state index contributed by atoms with van der Waals surface area (Å²) >= 11 is 0. The standard InChI is InChI=1S/C17H23N3O3/c1-22-15-12-23-11-13(17(15)21)9-18-10-14-5-4-8-20(14)16-6-2-3-7-19-16/h2-8,13,15,17-18,21H,9-12H2,1H3/t13-,15-,17+/m1/s1. The maximum atomic E-state index is 10.3. The molecule has 0 aliphatic carbocycles. The van der Waals surface area contributed by atoms with Crippen molar-refractivity contribution in [2.75, 3.05) is 26.9 Å². The van der Waals surface area contributed by atoms with Gasteiger partial charge in [0.1, 0.15) is 11.9 Å². The van der Waals surface area contributed by atoms with Crippen molar-refractivity contribution in [1.29, 1.82) is 0 Å². The van der Waals surface area contributed by atoms with Crippen LogP contribution in [-0.2, 0) is 16.0 Å². The highest BCUT2D eigenvalue weighted by Crippen LogP contribution is 2.17. The predicted octanol–water partition coefficient (Wildman–Crippen LogP) is 0.984. The molecule has 0 saturated carbocycles. The molecule has 2 aromatic heterocycles. The van der Waals surface area contributed by atoms with E-state index in [9.17, 15) is 5.11 Å². The number of hydrogen-bond acceptors (Lipinski definition) is 5. The summed E-state index contributed by atoms with van der Waals surface area (Å²) in [6.45, 7) is 2.38. The first-order valence-corrected chi connectivity index (χ1v) is 7.86. The van der Waals surface area contributed by atoms with Crippen molar-refractivity contribution in [3.05, 3.63) is 48.4 Å². The molecule has 23 heavy (non-hydrogen) atoms. The Hall–Kier alpha value is -1.73. The lowest BCUT2D eigenvalue weighted by Gasteiger charge is -2.33. The molecule has 3 rings (SSSR count). The van der Waals surface area contributed by atoms with E-state index < -0.39 is 6.10 Å². The molecule has 1 fully saturated rings. The molecule has 6 heteroatoms. The molecule has 3 heterocycles. The minimum absolute atomic E-state index is 0.0342. The normalized spacial score (nSPS) is 24.7. The van der Waals surface area contributed by atoms with Gasteiger partial charge < -0.3 is 24.5 Å². The molecule has 1 aliphatic heterocycles. The summed E-state index contributed by atoms with van der Waals surface area (Å²) in [4.78, 5) is 4.37. The second-order valence-electron chi connectivity index (χ2n) is 5.75. The second-order valence-corrected chi connectivity index (χ2v) is 5.75. The van der Waals surface area contributed by atoms with Gasteiger partial charge in [-0.2, -0.15) is 0 Å². The van der Waals surface area contributed by atoms with Crippen LogP contribution in [0.3, 0.4) is 0 Å². The summed E-state index contributed by atoms with van der Waals surface area (Å²) in [5, 5.41) is 13.7. The molecule has 124 valence electrons. The van der Waals surface area contributed by atoms with E-state index >= 15 is 0 Å². The van der Waals surface area contributed by atoms with Crippen LogP contribution in [0.4, 0.5) is 0 Å². The number of aliphatic hydroxyl groups excluding tert-OH is 1. The minimum Gasteiger partial charge on any atom is -0.390 e. The zero-order valence-electron chi connectivity index (χ0n) is 13.3. The first-order valence-electron chi connectivity index (χ1n) is 7.86. The van der Waals surface area contributed by atoms with Gasteiger partial charge in [-0.3, -0.25) is 0 Å². The van der Waals surface area contributed by atoms with Crippen LogP contribution in [-0.4, -0.2) is 53.7 Å². The molecule has 0 amide bonds. The summed E-state index contributed by atoms with van der Waals surface area (Å²) in [7, 11) is 1.60. The van der Waals surface area contributed by atoms with Gasteiger partial charge in [0.2, 0.25) is 0 Å². The first kappa shape index (κ1) is 16.1. The molecule has 0 aromatic carbocycles. The van der Waals surface area contributed by atoms with Crippen LogP contribution in [0.2, 0.25) is 0 Å². The first-order chi connectivity index (χ1) is 11.3. The van der Waals surface area contributed by atoms with Crippen LogP contribution >= 0.6 is 0 Å². The highest BCUT2D eigenvalue weighted by molar-refractivity contribution is 5.27. The number of nitrogens with one attached hydrogen (secondary N) is 1. The van der Waals surface area contributed by atoms with Crippen LogP contribution in [0.25, 0.3) is 5.82 Å². The smallest absolute Gasteiger partial charge is 0.136 e. The monoisotopic (exact) mass is 317 g/mol. The van der Waals surface area contributed by atoms with Crippen LogP contribution < -0.4 is 5.32 Å². The zero-order chi connectivity index (χ0) is 16.1. The largest absolute Gasteiger partial charge is 0.390 e. The van der Waals surface area contributed by atoms with Crippen molar-refractivity contribution in [2.24, 2.45) is 5.92 Å². The summed E-state index contributed by atoms with van der Waals surface area (Å²) in [6.07, 6.45) is 3.04. The summed E-state index contributed by atoms with van der Waals surface area (Å²) in [5.41, 5.74) is 1.12. The van der Waals surface area contributed by atoms with Crippen LogP contribution in [0.5, 0.6) is 0 Å². The van der Waals surface area contributed by atoms with Crippen LogP contribution in [0.1, 0.15) is 5.69 Å². The van der Waals surface area contributed by atoms with Gasteiger partial charge in [-0.25, -0.2) is 4.98 Å². The second kappa shape index (κ2) is 7.70. The van der Waals surface area contributed by atoms with E-state index in [1.807, 2.05) is 30.5 Å². The molecular formula is C17H23N3O3. The van der Waals surface area contributed by atoms with Crippen molar-refractivity contribution < 1.29 is 14.6 Å². The molecule has 3 atom stereocenters. The molecular weight excluding hydrogens is 294 g/mol. The van der Waals surface area contributed by atoms with E-state index in [-0.39, 0.29) is 12.0 Å². The molecule has 2 N–H and O–H groups in total. The van der Waals surface area contributed by atoms with E-state index in [0.29, 0.717) is 26.3 Å². The maximum absolute atomic E-state index is 10.3. The number of pyridine rings is 1. The Labute approximate surface area is 136 Å². The van der Waals surface area contributed by atoms with E-state index in [2.05, 4.69) is 20.9 Å². The van der Waals surface area contributed by atoms with Gasteiger partial charge in [0, 0.05) is 44.2 Å². The Morgan fingerprint density at radius 2 is 2.26 bits per heavy atom. The number of methoxy groups -OCH3 is 1. The molecule has 6 nitrogen and oxygen atoms in total. The van der Waals surface area contributed by atoms with Crippen molar-refractivity contribution in [1.82, 2.24) is 14.9 Å². The predicted molar refractivity (Wildman–Crippen MR) is 86.4 cm³/mol. The molecule has 0 spiro atoms. The molecule has 1 aliphatic rings. The number of aliphatic hydroxyl groups is 1. The maximum Gasteiger partial charge on any atom is 0.136 e. The van der Waals surface area contributed by atoms with Gasteiger partial charge in [-0.15, -0.1) is 0 Å². The molecule has 0 bridgehead atoms. The van der Waals surface area contributed by atoms with Crippen molar-refractivity contribution in [2.45, 2.75) is 18.8 Å². The van der Waals surface area contributed by atoms with E-state index in [0.717, 1.165) is 11.5 Å². The third-order valence-electron chi connectivity index (χ3n) is 4.22. The lowest BCUT2D eigenvalue weighted by molar-refractivity contribution is -0.133. The third-order valence-corrected chi connectivity index (χ3v) is 4.22. The fraction of sp³-hybridized carbons (Fsp3) is 0.471. The zero-order valence-corrected chi connectivity index (χ0v) is 13.3. The third kappa shape index (κ3) is 3.79. The summed E-state index contributed by atoms with van der Waals surface area (Å²) < 4.78 is 12.8. The summed E-state index contributed by atoms with van der Waals surface area (Å²) in [6, 6.07) is 9.92. The Kier molecular flexibility index (Phi) is 5.40. The van der Waals surface area contributed by atoms with Gasteiger partial charge >= 0.3 is 0 Å². The average molecular weight is 317 g/mol. The van der Waals surface area contributed by atoms with Gasteiger partial charge in [-0.1, -0.05) is 6.07 Å². The number of nitrogens with zero attached hydrogens (tertiary/aromatic N) is 2. The number of hydrogen-bond donors (Lipinski definition) is 2. The van der Waals surface area contributed by atoms with Gasteiger partial charge in [0.05, 0.1) is 19.3 Å². The molecule has 0 unspecified atom stereocenters. The molecule has 1 saturated heterocycles. The lowest BCUT2D eigenvalue weighted by atomic mass is 9.96. The lowest BCUT2D eigenvalue weighted by Crippen LogP contribution is -2.48. The highest BCUT2D eigenvalue weighted by atomic mass is 16.5. The summed E-state index contributed by atoms with van der Waals surface area (Å²) in [5.74, 6) is 0.932. The molecule has 2 aromatic rings. The van der Waals surface area contributed by atoms with Gasteiger partial charge in [0.25, 0.3) is 0 Å². The molecule has 0 radical (unpaired) electrons. The van der Waals surface area contributed by atoms with Crippen molar-refractivity contribution in [3.8, 4) is 5.82 Å². The van der Waals surface area contributed by atoms with Gasteiger partial charge in [-0.05, 0) is 24.3 Å². The Balaban J connectivity index is 1.57. The minimum atomic E-state index is -0.496. The SMILES string of the molecule is CO[C@@H]1COC[C@@H](CNCc2cccn2-c2ccccn2)[C@@H]1O. The number of aromatic nitrogens is 2. The number of ether oxygens (including phenoxy) is 2. The van der Waals surface area contributed by atoms with E-state index in [4.69, 9.17) is 9.47 Å². The van der Waals surface area contributed by atoms with Crippen LogP contribution in [0, 0.1) is 5.92 Å². The highest BCUT2D eigenvalue weighted by Gasteiger charge is 2.32. The fourth-order valence-corrected chi connectivity index (χ4v) is 2.89. The van der Waals surface area contributed by atoms with Crippen molar-refractivity contribution in [3.63, 3.8) is 0 Å². The fourth-order valence-electron chi connectivity index (χ4n) is 2.89. The van der Waals surface area contributed by atoms with Gasteiger partial charge in [0.15, 0.2) is 0 Å². The Morgan fingerprint density at radius 1 is 1.35 bits per heavy atom. The van der Waals surface area contributed by atoms with Crippen molar-refractivity contribution >= 4 is 0 Å². The van der Waals surface area contributed by atoms with E-state index in [1.165, 1.54) is 0 Å². The Bertz CT molecular complexity index is 602. The quantitative estimate of drug-likeness (QED) is 0.831. The van der Waals surface area contributed by atoms with Crippen LogP contribution in [0.15, 0.2) is 42.7 Å². The topological polar surface area (TPSA) is 68.5 Å². The average Bonchev–Trinajstić information content (AvgIpc) is 3.06. The Morgan fingerprint density at radius 3 is 3.04 bits per heavy atom. The number of rotatable bonds is 6. The van der Waals surface area contributed by atoms with E-state index in [1.54, 1.807) is 13.3 Å².